The molecule has 0 unspecified atom stereocenters. The van der Waals surface area contributed by atoms with Crippen molar-refractivity contribution in [3.05, 3.63) is 34.4 Å². The van der Waals surface area contributed by atoms with Crippen molar-refractivity contribution in [1.82, 2.24) is 5.32 Å². The average molecular weight is 291 g/mol. The van der Waals surface area contributed by atoms with Crippen LogP contribution >= 0.6 is 0 Å². The predicted molar refractivity (Wildman–Crippen MR) is 81.2 cm³/mol. The van der Waals surface area contributed by atoms with Gasteiger partial charge in [0.05, 0.1) is 4.92 Å². The summed E-state index contributed by atoms with van der Waals surface area (Å²) in [4.78, 5) is 22.7. The number of hydrogen-bond acceptors (Lipinski definition) is 4. The Morgan fingerprint density at radius 2 is 1.95 bits per heavy atom. The number of anilines is 1. The summed E-state index contributed by atoms with van der Waals surface area (Å²) in [5.41, 5.74) is 0.00822. The van der Waals surface area contributed by atoms with Gasteiger partial charge in [0.25, 0.3) is 5.69 Å². The molecule has 1 fully saturated rings. The monoisotopic (exact) mass is 291 g/mol. The second-order valence-electron chi connectivity index (χ2n) is 5.59. The molecule has 0 radical (unpaired) electrons. The van der Waals surface area contributed by atoms with E-state index in [1.807, 2.05) is 7.05 Å². The summed E-state index contributed by atoms with van der Waals surface area (Å²) in [7, 11) is 1.88. The Kier molecular flexibility index (Phi) is 4.90. The molecule has 6 heteroatoms. The first kappa shape index (κ1) is 15.4. The van der Waals surface area contributed by atoms with E-state index in [-0.39, 0.29) is 22.8 Å². The third kappa shape index (κ3) is 3.78. The first-order valence-corrected chi connectivity index (χ1v) is 7.28. The number of nitro groups is 1. The molecule has 1 amide bonds. The molecule has 1 aromatic carbocycles. The van der Waals surface area contributed by atoms with Crippen molar-refractivity contribution in [3.8, 4) is 0 Å². The van der Waals surface area contributed by atoms with Gasteiger partial charge < -0.3 is 10.6 Å². The Morgan fingerprint density at radius 3 is 2.57 bits per heavy atom. The van der Waals surface area contributed by atoms with Gasteiger partial charge in [-0.25, -0.2) is 0 Å². The maximum atomic E-state index is 12.2. The highest BCUT2D eigenvalue weighted by Gasteiger charge is 2.33. The number of nitrogens with zero attached hydrogens (tertiary/aromatic N) is 1. The lowest BCUT2D eigenvalue weighted by Gasteiger charge is -2.36. The average Bonchev–Trinajstić information content (AvgIpc) is 2.48. The molecular formula is C15H21N3O3. The van der Waals surface area contributed by atoms with Crippen LogP contribution in [0.15, 0.2) is 24.3 Å². The van der Waals surface area contributed by atoms with E-state index < -0.39 is 4.92 Å². The van der Waals surface area contributed by atoms with Gasteiger partial charge in [0, 0.05) is 18.0 Å². The molecular weight excluding hydrogens is 270 g/mol. The number of nitro benzene ring substituents is 1. The van der Waals surface area contributed by atoms with Gasteiger partial charge in [-0.05, 0) is 26.0 Å². The summed E-state index contributed by atoms with van der Waals surface area (Å²) in [5, 5.41) is 16.9. The Bertz CT molecular complexity index is 525. The third-order valence-electron chi connectivity index (χ3n) is 4.21. The van der Waals surface area contributed by atoms with Crippen molar-refractivity contribution < 1.29 is 9.72 Å². The molecule has 0 aliphatic heterocycles. The zero-order chi connectivity index (χ0) is 15.3. The van der Waals surface area contributed by atoms with Crippen LogP contribution in [-0.4, -0.2) is 23.4 Å². The smallest absolute Gasteiger partial charge is 0.292 e. The highest BCUT2D eigenvalue weighted by molar-refractivity contribution is 5.93. The van der Waals surface area contributed by atoms with E-state index in [0.717, 1.165) is 25.7 Å². The van der Waals surface area contributed by atoms with Gasteiger partial charge in [-0.2, -0.15) is 0 Å². The van der Waals surface area contributed by atoms with E-state index in [1.54, 1.807) is 18.2 Å². The highest BCUT2D eigenvalue weighted by atomic mass is 16.6. The molecule has 114 valence electrons. The van der Waals surface area contributed by atoms with Crippen molar-refractivity contribution in [2.45, 2.75) is 44.1 Å². The van der Waals surface area contributed by atoms with Crippen LogP contribution in [-0.2, 0) is 4.79 Å². The maximum absolute atomic E-state index is 12.2. The van der Waals surface area contributed by atoms with Crippen LogP contribution in [0.5, 0.6) is 0 Å². The fraction of sp³-hybridized carbons (Fsp3) is 0.533. The molecule has 6 nitrogen and oxygen atoms in total. The summed E-state index contributed by atoms with van der Waals surface area (Å²) in [6.45, 7) is 0. The number of carbonyl (C=O) groups is 1. The van der Waals surface area contributed by atoms with Crippen LogP contribution in [0.3, 0.4) is 0 Å². The SMILES string of the molecule is CNC1(CC(=O)Nc2ccccc2[N+](=O)[O-])CCCCC1. The molecule has 21 heavy (non-hydrogen) atoms. The molecule has 1 aromatic rings. The Balaban J connectivity index is 2.06. The number of carbonyl (C=O) groups excluding carboxylic acids is 1. The molecule has 1 aliphatic carbocycles. The lowest BCUT2D eigenvalue weighted by atomic mass is 9.79. The number of hydrogen-bond donors (Lipinski definition) is 2. The number of amides is 1. The van der Waals surface area contributed by atoms with Gasteiger partial charge in [0.2, 0.25) is 5.91 Å². The third-order valence-corrected chi connectivity index (χ3v) is 4.21. The van der Waals surface area contributed by atoms with Gasteiger partial charge in [0.15, 0.2) is 0 Å². The zero-order valence-electron chi connectivity index (χ0n) is 12.2. The molecule has 1 aliphatic rings. The van der Waals surface area contributed by atoms with Gasteiger partial charge >= 0.3 is 0 Å². The quantitative estimate of drug-likeness (QED) is 0.645. The molecule has 2 rings (SSSR count). The number of rotatable bonds is 5. The summed E-state index contributed by atoms with van der Waals surface area (Å²) < 4.78 is 0. The minimum atomic E-state index is -0.482. The zero-order valence-corrected chi connectivity index (χ0v) is 12.2. The van der Waals surface area contributed by atoms with E-state index in [2.05, 4.69) is 10.6 Å². The van der Waals surface area contributed by atoms with Crippen LogP contribution in [0.25, 0.3) is 0 Å². The molecule has 0 bridgehead atoms. The van der Waals surface area contributed by atoms with E-state index in [1.165, 1.54) is 12.5 Å². The molecule has 2 N–H and O–H groups in total. The normalized spacial score (nSPS) is 17.2. The van der Waals surface area contributed by atoms with E-state index in [4.69, 9.17) is 0 Å². The molecule has 0 atom stereocenters. The Morgan fingerprint density at radius 1 is 1.29 bits per heavy atom. The number of benzene rings is 1. The fourth-order valence-corrected chi connectivity index (χ4v) is 2.98. The van der Waals surface area contributed by atoms with Crippen molar-refractivity contribution in [1.29, 1.82) is 0 Å². The van der Waals surface area contributed by atoms with Crippen LogP contribution in [0.1, 0.15) is 38.5 Å². The van der Waals surface area contributed by atoms with Crippen molar-refractivity contribution in [3.63, 3.8) is 0 Å². The molecule has 0 heterocycles. The van der Waals surface area contributed by atoms with Crippen molar-refractivity contribution in [2.24, 2.45) is 0 Å². The van der Waals surface area contributed by atoms with Crippen LogP contribution in [0, 0.1) is 10.1 Å². The second kappa shape index (κ2) is 6.67. The lowest BCUT2D eigenvalue weighted by molar-refractivity contribution is -0.383. The van der Waals surface area contributed by atoms with Crippen LogP contribution in [0.4, 0.5) is 11.4 Å². The van der Waals surface area contributed by atoms with Crippen molar-refractivity contribution >= 4 is 17.3 Å². The largest absolute Gasteiger partial charge is 0.320 e. The first-order valence-electron chi connectivity index (χ1n) is 7.28. The van der Waals surface area contributed by atoms with Crippen molar-refractivity contribution in [2.75, 3.05) is 12.4 Å². The minimum absolute atomic E-state index is 0.0759. The standard InChI is InChI=1S/C15H21N3O3/c1-16-15(9-5-2-6-10-15)11-14(19)17-12-7-3-4-8-13(12)18(20)21/h3-4,7-8,16H,2,5-6,9-11H2,1H3,(H,17,19). The van der Waals surface area contributed by atoms with E-state index in [9.17, 15) is 14.9 Å². The topological polar surface area (TPSA) is 84.3 Å². The van der Waals surface area contributed by atoms with Crippen LogP contribution < -0.4 is 10.6 Å². The van der Waals surface area contributed by atoms with Gasteiger partial charge in [-0.15, -0.1) is 0 Å². The molecule has 0 spiro atoms. The lowest BCUT2D eigenvalue weighted by Crippen LogP contribution is -2.47. The summed E-state index contributed by atoms with van der Waals surface area (Å²) >= 11 is 0. The Labute approximate surface area is 124 Å². The van der Waals surface area contributed by atoms with E-state index in [0.29, 0.717) is 6.42 Å². The highest BCUT2D eigenvalue weighted by Crippen LogP contribution is 2.31. The number of nitrogens with one attached hydrogen (secondary N) is 2. The molecule has 0 aromatic heterocycles. The van der Waals surface area contributed by atoms with Gasteiger partial charge in [0.1, 0.15) is 5.69 Å². The summed E-state index contributed by atoms with van der Waals surface area (Å²) in [6, 6.07) is 6.22. The van der Waals surface area contributed by atoms with Gasteiger partial charge in [-0.1, -0.05) is 31.4 Å². The first-order chi connectivity index (χ1) is 10.1. The predicted octanol–water partition coefficient (Wildman–Crippen LogP) is 2.85. The summed E-state index contributed by atoms with van der Waals surface area (Å²) in [5.74, 6) is -0.180. The Hall–Kier alpha value is -1.95. The molecule has 0 saturated heterocycles. The van der Waals surface area contributed by atoms with Gasteiger partial charge in [-0.3, -0.25) is 14.9 Å². The maximum Gasteiger partial charge on any atom is 0.292 e. The second-order valence-corrected chi connectivity index (χ2v) is 5.59. The fourth-order valence-electron chi connectivity index (χ4n) is 2.98. The number of para-hydroxylation sites is 2. The summed E-state index contributed by atoms with van der Waals surface area (Å²) in [6.07, 6.45) is 5.70. The molecule has 1 saturated carbocycles. The minimum Gasteiger partial charge on any atom is -0.320 e. The van der Waals surface area contributed by atoms with Crippen LogP contribution in [0.2, 0.25) is 0 Å². The van der Waals surface area contributed by atoms with E-state index >= 15 is 0 Å².